The number of hydrogen-bond acceptors (Lipinski definition) is 6. The number of fused-ring (bicyclic) bond motifs is 1. The molecule has 168 valence electrons. The third-order valence-corrected chi connectivity index (χ3v) is 4.95. The highest BCUT2D eigenvalue weighted by Gasteiger charge is 2.07. The van der Waals surface area contributed by atoms with Crippen molar-refractivity contribution in [3.05, 3.63) is 107 Å². The van der Waals surface area contributed by atoms with Gasteiger partial charge in [0.15, 0.2) is 11.6 Å². The molecule has 3 aromatic carbocycles. The van der Waals surface area contributed by atoms with E-state index in [9.17, 15) is 0 Å². The summed E-state index contributed by atoms with van der Waals surface area (Å²) in [6.07, 6.45) is 7.66. The maximum atomic E-state index is 4.34. The summed E-state index contributed by atoms with van der Waals surface area (Å²) in [4.78, 5) is 0. The molecule has 0 fully saturated rings. The molecule has 0 aliphatic heterocycles. The van der Waals surface area contributed by atoms with E-state index in [0.29, 0.717) is 11.6 Å². The van der Waals surface area contributed by atoms with Crippen LogP contribution < -0.4 is 10.9 Å². The molecule has 0 radical (unpaired) electrons. The molecule has 0 bridgehead atoms. The molecular weight excluding hydrogens is 420 g/mol. The first-order valence-electron chi connectivity index (χ1n) is 11.0. The van der Waals surface area contributed by atoms with Crippen LogP contribution in [0.4, 0.5) is 11.6 Å². The lowest BCUT2D eigenvalue weighted by atomic mass is 10.1. The van der Waals surface area contributed by atoms with Gasteiger partial charge < -0.3 is 0 Å². The number of nitrogens with one attached hydrogen (secondary N) is 2. The van der Waals surface area contributed by atoms with E-state index in [-0.39, 0.29) is 0 Å². The van der Waals surface area contributed by atoms with Crippen LogP contribution in [0, 0.1) is 0 Å². The molecule has 34 heavy (non-hydrogen) atoms. The zero-order valence-electron chi connectivity index (χ0n) is 19.2. The van der Waals surface area contributed by atoms with Gasteiger partial charge >= 0.3 is 0 Å². The zero-order valence-corrected chi connectivity index (χ0v) is 19.2. The Kier molecular flexibility index (Phi) is 7.54. The van der Waals surface area contributed by atoms with Crippen LogP contribution in [0.2, 0.25) is 0 Å². The van der Waals surface area contributed by atoms with Crippen molar-refractivity contribution in [2.75, 3.05) is 10.9 Å². The minimum absolute atomic E-state index is 0.578. The minimum Gasteiger partial charge on any atom is -0.259 e. The van der Waals surface area contributed by atoms with Gasteiger partial charge in [0.1, 0.15) is 0 Å². The van der Waals surface area contributed by atoms with E-state index >= 15 is 0 Å². The number of benzene rings is 3. The predicted octanol–water partition coefficient (Wildman–Crippen LogP) is 6.63. The standard InChI is InChI=1S/C28H26N6/c1-21(17-23-11-5-3-6-12-23)19-29-31-27-25-15-9-10-16-26(25)28(34-33-27)32-30-20-22(2)18-24-13-7-4-8-14-24/h3-20H,1-2H3,(H,31,33)(H,32,34)/b21-17?,22-18?,29-19+,30-20+. The lowest BCUT2D eigenvalue weighted by molar-refractivity contribution is 1.03. The van der Waals surface area contributed by atoms with E-state index in [1.807, 2.05) is 74.5 Å². The first-order valence-corrected chi connectivity index (χ1v) is 11.0. The van der Waals surface area contributed by atoms with Gasteiger partial charge in [-0.15, -0.1) is 10.2 Å². The van der Waals surface area contributed by atoms with E-state index in [4.69, 9.17) is 0 Å². The molecule has 0 spiro atoms. The normalized spacial score (nSPS) is 12.5. The second-order valence-electron chi connectivity index (χ2n) is 7.78. The van der Waals surface area contributed by atoms with Crippen molar-refractivity contribution in [3.8, 4) is 0 Å². The predicted molar refractivity (Wildman–Crippen MR) is 144 cm³/mol. The van der Waals surface area contributed by atoms with Crippen LogP contribution in [0.15, 0.2) is 106 Å². The maximum Gasteiger partial charge on any atom is 0.176 e. The number of rotatable bonds is 8. The molecule has 0 aliphatic carbocycles. The second kappa shape index (κ2) is 11.3. The number of anilines is 2. The average molecular weight is 447 g/mol. The number of nitrogens with zero attached hydrogens (tertiary/aromatic N) is 4. The summed E-state index contributed by atoms with van der Waals surface area (Å²) in [6, 6.07) is 28.1. The van der Waals surface area contributed by atoms with E-state index in [1.165, 1.54) is 0 Å². The SMILES string of the molecule is CC(=Cc1ccccc1)/C=N/Nc1nnc(N/N=C/C(C)=Cc2ccccc2)c2ccccc12. The molecule has 6 heteroatoms. The fraction of sp³-hybridized carbons (Fsp3) is 0.0714. The van der Waals surface area contributed by atoms with Gasteiger partial charge in [-0.25, -0.2) is 0 Å². The average Bonchev–Trinajstić information content (AvgIpc) is 2.86. The van der Waals surface area contributed by atoms with Gasteiger partial charge in [0.05, 0.1) is 12.4 Å². The van der Waals surface area contributed by atoms with Crippen LogP contribution in [0.3, 0.4) is 0 Å². The first-order chi connectivity index (χ1) is 16.7. The molecule has 4 aromatic rings. The summed E-state index contributed by atoms with van der Waals surface area (Å²) in [6.45, 7) is 4.00. The first kappa shape index (κ1) is 22.6. The van der Waals surface area contributed by atoms with Crippen molar-refractivity contribution in [1.82, 2.24) is 10.2 Å². The van der Waals surface area contributed by atoms with Gasteiger partial charge in [0, 0.05) is 10.8 Å². The van der Waals surface area contributed by atoms with Gasteiger partial charge in [-0.1, -0.05) is 97.1 Å². The Labute approximate surface area is 199 Å². The third-order valence-electron chi connectivity index (χ3n) is 4.95. The highest BCUT2D eigenvalue weighted by molar-refractivity contribution is 5.98. The van der Waals surface area contributed by atoms with Gasteiger partial charge in [0.25, 0.3) is 0 Å². The molecule has 0 saturated heterocycles. The molecule has 1 aromatic heterocycles. The summed E-state index contributed by atoms with van der Waals surface area (Å²) in [5, 5.41) is 19.1. The van der Waals surface area contributed by atoms with Gasteiger partial charge in [-0.3, -0.25) is 10.9 Å². The van der Waals surface area contributed by atoms with Gasteiger partial charge in [0.2, 0.25) is 0 Å². The third kappa shape index (κ3) is 6.23. The number of hydrazone groups is 2. The van der Waals surface area contributed by atoms with Crippen LogP contribution in [-0.2, 0) is 0 Å². The molecule has 1 heterocycles. The molecule has 0 atom stereocenters. The smallest absolute Gasteiger partial charge is 0.176 e. The number of allylic oxidation sites excluding steroid dienone is 2. The summed E-state index contributed by atoms with van der Waals surface area (Å²) < 4.78 is 0. The van der Waals surface area contributed by atoms with Crippen molar-refractivity contribution in [3.63, 3.8) is 0 Å². The van der Waals surface area contributed by atoms with Gasteiger partial charge in [-0.05, 0) is 36.1 Å². The Hall–Kier alpha value is -4.58. The summed E-state index contributed by atoms with van der Waals surface area (Å²) in [5.41, 5.74) is 10.3. The summed E-state index contributed by atoms with van der Waals surface area (Å²) in [7, 11) is 0. The zero-order chi connectivity index (χ0) is 23.6. The van der Waals surface area contributed by atoms with E-state index < -0.39 is 0 Å². The Morgan fingerprint density at radius 1 is 0.588 bits per heavy atom. The van der Waals surface area contributed by atoms with E-state index in [0.717, 1.165) is 33.0 Å². The van der Waals surface area contributed by atoms with Crippen molar-refractivity contribution < 1.29 is 0 Å². The number of aromatic nitrogens is 2. The Balaban J connectivity index is 1.47. The monoisotopic (exact) mass is 446 g/mol. The largest absolute Gasteiger partial charge is 0.259 e. The topological polar surface area (TPSA) is 74.6 Å². The highest BCUT2D eigenvalue weighted by atomic mass is 15.4. The molecular formula is C28H26N6. The van der Waals surface area contributed by atoms with Crippen LogP contribution >= 0.6 is 0 Å². The lowest BCUT2D eigenvalue weighted by Gasteiger charge is -2.08. The van der Waals surface area contributed by atoms with Crippen LogP contribution in [0.5, 0.6) is 0 Å². The number of hydrogen-bond donors (Lipinski definition) is 2. The van der Waals surface area contributed by atoms with Crippen LogP contribution in [0.25, 0.3) is 22.9 Å². The van der Waals surface area contributed by atoms with Crippen LogP contribution in [0.1, 0.15) is 25.0 Å². The quantitative estimate of drug-likeness (QED) is 0.235. The molecule has 0 amide bonds. The van der Waals surface area contributed by atoms with E-state index in [1.54, 1.807) is 12.4 Å². The minimum atomic E-state index is 0.578. The van der Waals surface area contributed by atoms with Crippen molar-refractivity contribution in [2.45, 2.75) is 13.8 Å². The fourth-order valence-corrected chi connectivity index (χ4v) is 3.36. The Bertz CT molecular complexity index is 1250. The summed E-state index contributed by atoms with van der Waals surface area (Å²) in [5.74, 6) is 1.16. The summed E-state index contributed by atoms with van der Waals surface area (Å²) >= 11 is 0. The maximum absolute atomic E-state index is 4.34. The lowest BCUT2D eigenvalue weighted by Crippen LogP contribution is -2.01. The molecule has 0 unspecified atom stereocenters. The van der Waals surface area contributed by atoms with Crippen molar-refractivity contribution in [1.29, 1.82) is 0 Å². The fourth-order valence-electron chi connectivity index (χ4n) is 3.36. The molecule has 0 aliphatic rings. The Morgan fingerprint density at radius 2 is 0.971 bits per heavy atom. The van der Waals surface area contributed by atoms with Crippen molar-refractivity contribution in [2.24, 2.45) is 10.2 Å². The Morgan fingerprint density at radius 3 is 1.38 bits per heavy atom. The van der Waals surface area contributed by atoms with Crippen LogP contribution in [-0.4, -0.2) is 22.6 Å². The molecule has 2 N–H and O–H groups in total. The molecule has 0 saturated carbocycles. The van der Waals surface area contributed by atoms with Gasteiger partial charge in [-0.2, -0.15) is 10.2 Å². The molecule has 6 nitrogen and oxygen atoms in total. The van der Waals surface area contributed by atoms with Crippen molar-refractivity contribution >= 4 is 47.0 Å². The van der Waals surface area contributed by atoms with E-state index in [2.05, 4.69) is 67.7 Å². The second-order valence-corrected chi connectivity index (χ2v) is 7.78. The molecule has 4 rings (SSSR count). The highest BCUT2D eigenvalue weighted by Crippen LogP contribution is 2.25.